The molecule has 1 N–H and O–H groups in total. The van der Waals surface area contributed by atoms with E-state index >= 15 is 0 Å². The molecule has 0 fully saturated rings. The van der Waals surface area contributed by atoms with Gasteiger partial charge in [0.1, 0.15) is 5.75 Å². The van der Waals surface area contributed by atoms with E-state index in [1.54, 1.807) is 18.2 Å². The summed E-state index contributed by atoms with van der Waals surface area (Å²) in [5, 5.41) is 8.91. The third-order valence-electron chi connectivity index (χ3n) is 2.72. The van der Waals surface area contributed by atoms with Gasteiger partial charge in [-0.2, -0.15) is 5.26 Å². The van der Waals surface area contributed by atoms with E-state index in [4.69, 9.17) is 10.00 Å². The standard InChI is InChI=1S/C13H10BrN3O3/c1-20-11-3-2-8(5-15)4-9(11)6-17-7-10(14)12(18)16-13(17)19/h2-4,7H,6H2,1H3,(H,16,18,19). The topological polar surface area (TPSA) is 87.9 Å². The molecule has 0 atom stereocenters. The zero-order valence-corrected chi connectivity index (χ0v) is 12.1. The number of hydrogen-bond donors (Lipinski definition) is 1. The van der Waals surface area contributed by atoms with Crippen LogP contribution in [0.4, 0.5) is 0 Å². The Morgan fingerprint density at radius 2 is 2.20 bits per heavy atom. The molecule has 1 aromatic carbocycles. The minimum atomic E-state index is -0.525. The van der Waals surface area contributed by atoms with Crippen LogP contribution >= 0.6 is 15.9 Å². The molecular weight excluding hydrogens is 326 g/mol. The zero-order chi connectivity index (χ0) is 14.7. The minimum absolute atomic E-state index is 0.187. The summed E-state index contributed by atoms with van der Waals surface area (Å²) >= 11 is 3.07. The molecule has 7 heteroatoms. The van der Waals surface area contributed by atoms with Crippen LogP contribution in [0.2, 0.25) is 0 Å². The highest BCUT2D eigenvalue weighted by atomic mass is 79.9. The fourth-order valence-electron chi connectivity index (χ4n) is 1.76. The van der Waals surface area contributed by atoms with Gasteiger partial charge in [-0.1, -0.05) is 0 Å². The highest BCUT2D eigenvalue weighted by molar-refractivity contribution is 9.10. The Labute approximate surface area is 122 Å². The summed E-state index contributed by atoms with van der Waals surface area (Å²) in [6, 6.07) is 6.97. The average Bonchev–Trinajstić information content (AvgIpc) is 2.44. The quantitative estimate of drug-likeness (QED) is 0.913. The number of aromatic amines is 1. The molecule has 2 rings (SSSR count). The lowest BCUT2D eigenvalue weighted by Gasteiger charge is -2.10. The number of H-pyrrole nitrogens is 1. The Bertz CT molecular complexity index is 802. The van der Waals surface area contributed by atoms with Gasteiger partial charge in [-0.05, 0) is 34.1 Å². The molecule has 20 heavy (non-hydrogen) atoms. The Morgan fingerprint density at radius 1 is 1.45 bits per heavy atom. The molecule has 0 aliphatic heterocycles. The molecule has 0 saturated carbocycles. The largest absolute Gasteiger partial charge is 0.496 e. The second-order valence-corrected chi connectivity index (χ2v) is 4.86. The average molecular weight is 336 g/mol. The molecule has 0 aliphatic rings. The summed E-state index contributed by atoms with van der Waals surface area (Å²) in [7, 11) is 1.51. The molecule has 2 aromatic rings. The van der Waals surface area contributed by atoms with Crippen LogP contribution < -0.4 is 16.0 Å². The third kappa shape index (κ3) is 2.81. The molecule has 0 aliphatic carbocycles. The van der Waals surface area contributed by atoms with Gasteiger partial charge in [-0.15, -0.1) is 0 Å². The first kappa shape index (κ1) is 14.1. The number of ether oxygens (including phenoxy) is 1. The number of nitrogens with zero attached hydrogens (tertiary/aromatic N) is 2. The van der Waals surface area contributed by atoms with Crippen molar-refractivity contribution in [3.8, 4) is 11.8 Å². The van der Waals surface area contributed by atoms with Gasteiger partial charge < -0.3 is 4.74 Å². The lowest BCUT2D eigenvalue weighted by Crippen LogP contribution is -2.30. The van der Waals surface area contributed by atoms with Crippen molar-refractivity contribution in [2.45, 2.75) is 6.54 Å². The third-order valence-corrected chi connectivity index (χ3v) is 3.28. The predicted octanol–water partition coefficient (Wildman–Crippen LogP) is 1.23. The van der Waals surface area contributed by atoms with Crippen LogP contribution in [0.5, 0.6) is 5.75 Å². The molecule has 0 unspecified atom stereocenters. The van der Waals surface area contributed by atoms with Gasteiger partial charge in [0.15, 0.2) is 0 Å². The number of nitrogens with one attached hydrogen (secondary N) is 1. The van der Waals surface area contributed by atoms with Crippen LogP contribution in [0.3, 0.4) is 0 Å². The Hall–Kier alpha value is -2.33. The second kappa shape index (κ2) is 5.75. The van der Waals surface area contributed by atoms with Gasteiger partial charge >= 0.3 is 5.69 Å². The van der Waals surface area contributed by atoms with Gasteiger partial charge in [0.25, 0.3) is 5.56 Å². The molecule has 0 spiro atoms. The summed E-state index contributed by atoms with van der Waals surface area (Å²) in [5.74, 6) is 0.568. The number of rotatable bonds is 3. The van der Waals surface area contributed by atoms with Crippen molar-refractivity contribution in [3.63, 3.8) is 0 Å². The summed E-state index contributed by atoms with van der Waals surface area (Å²) in [6.45, 7) is 0.187. The van der Waals surface area contributed by atoms with Gasteiger partial charge in [0.2, 0.25) is 0 Å². The van der Waals surface area contributed by atoms with Crippen LogP contribution in [0.1, 0.15) is 11.1 Å². The van der Waals surface area contributed by atoms with E-state index in [1.165, 1.54) is 17.9 Å². The SMILES string of the molecule is COc1ccc(C#N)cc1Cn1cc(Br)c(=O)[nH]c1=O. The monoisotopic (exact) mass is 335 g/mol. The van der Waals surface area contributed by atoms with Crippen LogP contribution in [0.25, 0.3) is 0 Å². The lowest BCUT2D eigenvalue weighted by molar-refractivity contribution is 0.408. The van der Waals surface area contributed by atoms with Gasteiger partial charge in [-0.3, -0.25) is 14.3 Å². The van der Waals surface area contributed by atoms with Gasteiger partial charge in [0, 0.05) is 11.8 Å². The number of benzene rings is 1. The van der Waals surface area contributed by atoms with E-state index in [0.29, 0.717) is 16.9 Å². The fraction of sp³-hybridized carbons (Fsp3) is 0.154. The first-order valence-electron chi connectivity index (χ1n) is 5.61. The van der Waals surface area contributed by atoms with Crippen LogP contribution in [0, 0.1) is 11.3 Å². The van der Waals surface area contributed by atoms with Crippen molar-refractivity contribution in [2.24, 2.45) is 0 Å². The van der Waals surface area contributed by atoms with Crippen molar-refractivity contribution in [3.05, 3.63) is 60.8 Å². The van der Waals surface area contributed by atoms with E-state index in [1.807, 2.05) is 6.07 Å². The van der Waals surface area contributed by atoms with E-state index < -0.39 is 11.2 Å². The smallest absolute Gasteiger partial charge is 0.328 e. The fourth-order valence-corrected chi connectivity index (χ4v) is 2.10. The maximum absolute atomic E-state index is 11.7. The van der Waals surface area contributed by atoms with Crippen LogP contribution in [-0.4, -0.2) is 16.7 Å². The van der Waals surface area contributed by atoms with Crippen molar-refractivity contribution in [1.82, 2.24) is 9.55 Å². The number of halogens is 1. The minimum Gasteiger partial charge on any atom is -0.496 e. The predicted molar refractivity (Wildman–Crippen MR) is 75.8 cm³/mol. The van der Waals surface area contributed by atoms with Crippen LogP contribution in [0.15, 0.2) is 38.5 Å². The maximum atomic E-state index is 11.7. The Balaban J connectivity index is 2.49. The first-order valence-corrected chi connectivity index (χ1v) is 6.40. The van der Waals surface area contributed by atoms with Crippen molar-refractivity contribution >= 4 is 15.9 Å². The van der Waals surface area contributed by atoms with Crippen molar-refractivity contribution in [2.75, 3.05) is 7.11 Å². The lowest BCUT2D eigenvalue weighted by atomic mass is 10.1. The van der Waals surface area contributed by atoms with Crippen molar-refractivity contribution in [1.29, 1.82) is 5.26 Å². The van der Waals surface area contributed by atoms with E-state index in [9.17, 15) is 9.59 Å². The number of aromatic nitrogens is 2. The van der Waals surface area contributed by atoms with Gasteiger partial charge in [0.05, 0.1) is 29.8 Å². The molecule has 102 valence electrons. The number of hydrogen-bond acceptors (Lipinski definition) is 4. The van der Waals surface area contributed by atoms with E-state index in [-0.39, 0.29) is 11.0 Å². The van der Waals surface area contributed by atoms with E-state index in [2.05, 4.69) is 20.9 Å². The maximum Gasteiger partial charge on any atom is 0.328 e. The molecule has 0 radical (unpaired) electrons. The summed E-state index contributed by atoms with van der Waals surface area (Å²) < 4.78 is 6.78. The molecule has 0 amide bonds. The summed E-state index contributed by atoms with van der Waals surface area (Å²) in [4.78, 5) is 25.2. The molecule has 6 nitrogen and oxygen atoms in total. The molecule has 0 saturated heterocycles. The zero-order valence-electron chi connectivity index (χ0n) is 10.5. The Morgan fingerprint density at radius 3 is 2.85 bits per heavy atom. The highest BCUT2D eigenvalue weighted by Crippen LogP contribution is 2.20. The molecule has 1 aromatic heterocycles. The summed E-state index contributed by atoms with van der Waals surface area (Å²) in [6.07, 6.45) is 1.40. The molecule has 1 heterocycles. The normalized spacial score (nSPS) is 10.1. The Kier molecular flexibility index (Phi) is 4.05. The van der Waals surface area contributed by atoms with Crippen LogP contribution in [-0.2, 0) is 6.54 Å². The molecular formula is C13H10BrN3O3. The molecule has 0 bridgehead atoms. The first-order chi connectivity index (χ1) is 9.55. The van der Waals surface area contributed by atoms with Crippen molar-refractivity contribution < 1.29 is 4.74 Å². The summed E-state index contributed by atoms with van der Waals surface area (Å²) in [5.41, 5.74) is 0.136. The second-order valence-electron chi connectivity index (χ2n) is 4.00. The highest BCUT2D eigenvalue weighted by Gasteiger charge is 2.08. The van der Waals surface area contributed by atoms with E-state index in [0.717, 1.165) is 0 Å². The number of methoxy groups -OCH3 is 1. The number of nitriles is 1. The van der Waals surface area contributed by atoms with Gasteiger partial charge in [-0.25, -0.2) is 4.79 Å².